The molecule has 2 N–H and O–H groups in total. The van der Waals surface area contributed by atoms with Crippen molar-refractivity contribution in [1.82, 2.24) is 5.32 Å². The fraction of sp³-hybridized carbons (Fsp3) is 0.950. The molecule has 0 aromatic carbocycles. The quantitative estimate of drug-likeness (QED) is 0.358. The van der Waals surface area contributed by atoms with Gasteiger partial charge in [-0.25, -0.2) is 0 Å². The van der Waals surface area contributed by atoms with Crippen LogP contribution in [0, 0.1) is 0 Å². The van der Waals surface area contributed by atoms with Gasteiger partial charge in [0, 0.05) is 19.6 Å². The van der Waals surface area contributed by atoms with Crippen LogP contribution in [0.5, 0.6) is 0 Å². The van der Waals surface area contributed by atoms with E-state index < -0.39 is 0 Å². The average Bonchev–Trinajstić information content (AvgIpc) is 2.59. The summed E-state index contributed by atoms with van der Waals surface area (Å²) in [4.78, 5) is 11.8. The average molecular weight is 344 g/mol. The molecule has 24 heavy (non-hydrogen) atoms. The minimum Gasteiger partial charge on any atom is -0.394 e. The van der Waals surface area contributed by atoms with Crippen LogP contribution in [0.3, 0.4) is 0 Å². The number of hydrogen-bond donors (Lipinski definition) is 2. The minimum absolute atomic E-state index is 0.0373. The number of carbonyl (C=O) groups excluding carboxylic acids is 1. The topological polar surface area (TPSA) is 58.6 Å². The van der Waals surface area contributed by atoms with Gasteiger partial charge in [0.1, 0.15) is 0 Å². The molecule has 1 amide bonds. The lowest BCUT2D eigenvalue weighted by Gasteiger charge is -2.16. The fourth-order valence-electron chi connectivity index (χ4n) is 2.69. The summed E-state index contributed by atoms with van der Waals surface area (Å²) in [6.07, 6.45) is 15.0. The number of rotatable bonds is 18. The van der Waals surface area contributed by atoms with E-state index in [0.717, 1.165) is 32.1 Å². The van der Waals surface area contributed by atoms with Crippen molar-refractivity contribution in [2.45, 2.75) is 103 Å². The Balaban J connectivity index is 3.44. The van der Waals surface area contributed by atoms with Gasteiger partial charge in [-0.1, -0.05) is 78.1 Å². The van der Waals surface area contributed by atoms with Gasteiger partial charge in [0.25, 0.3) is 0 Å². The van der Waals surface area contributed by atoms with Gasteiger partial charge >= 0.3 is 0 Å². The van der Waals surface area contributed by atoms with Gasteiger partial charge in [-0.05, 0) is 12.8 Å². The van der Waals surface area contributed by atoms with Crippen LogP contribution in [0.1, 0.15) is 97.3 Å². The summed E-state index contributed by atoms with van der Waals surface area (Å²) in [6, 6.07) is 0. The molecule has 0 rings (SSSR count). The summed E-state index contributed by atoms with van der Waals surface area (Å²) >= 11 is 0. The summed E-state index contributed by atoms with van der Waals surface area (Å²) in [5.74, 6) is 0.0774. The Bertz CT molecular complexity index is 272. The lowest BCUT2D eigenvalue weighted by Crippen LogP contribution is -2.35. The highest BCUT2D eigenvalue weighted by Gasteiger charge is 2.09. The monoisotopic (exact) mass is 343 g/mol. The second-order valence-corrected chi connectivity index (χ2v) is 6.76. The number of nitrogens with one attached hydrogen (secondary N) is 1. The van der Waals surface area contributed by atoms with Crippen molar-refractivity contribution in [3.05, 3.63) is 0 Å². The molecule has 0 saturated carbocycles. The fourth-order valence-corrected chi connectivity index (χ4v) is 2.69. The lowest BCUT2D eigenvalue weighted by atomic mass is 10.1. The van der Waals surface area contributed by atoms with E-state index >= 15 is 0 Å². The second kappa shape index (κ2) is 18.7. The van der Waals surface area contributed by atoms with Gasteiger partial charge < -0.3 is 15.2 Å². The molecule has 0 heterocycles. The summed E-state index contributed by atoms with van der Waals surface area (Å²) in [5, 5.41) is 12.1. The third kappa shape index (κ3) is 16.3. The Kier molecular flexibility index (Phi) is 18.2. The SMILES string of the molecule is CCCCCCCCCCCC(=O)NCC(CO)OCCCCC. The van der Waals surface area contributed by atoms with E-state index in [4.69, 9.17) is 4.74 Å². The van der Waals surface area contributed by atoms with Crippen LogP contribution in [-0.2, 0) is 9.53 Å². The molecule has 4 heteroatoms. The maximum Gasteiger partial charge on any atom is 0.220 e. The third-order valence-corrected chi connectivity index (χ3v) is 4.34. The van der Waals surface area contributed by atoms with Crippen molar-refractivity contribution in [1.29, 1.82) is 0 Å². The molecule has 1 atom stereocenters. The lowest BCUT2D eigenvalue weighted by molar-refractivity contribution is -0.122. The van der Waals surface area contributed by atoms with Crippen LogP contribution in [0.2, 0.25) is 0 Å². The van der Waals surface area contributed by atoms with E-state index in [1.165, 1.54) is 44.9 Å². The standard InChI is InChI=1S/C20H41NO3/c1-3-5-7-8-9-10-11-12-13-15-20(23)21-17-19(18-22)24-16-14-6-4-2/h19,22H,3-18H2,1-2H3,(H,21,23). The first-order valence-corrected chi connectivity index (χ1v) is 10.2. The molecule has 0 saturated heterocycles. The molecule has 144 valence electrons. The van der Waals surface area contributed by atoms with Crippen LogP contribution in [0.25, 0.3) is 0 Å². The van der Waals surface area contributed by atoms with E-state index in [9.17, 15) is 9.90 Å². The molecule has 1 unspecified atom stereocenters. The van der Waals surface area contributed by atoms with Crippen molar-refractivity contribution >= 4 is 5.91 Å². The molecule has 0 radical (unpaired) electrons. The largest absolute Gasteiger partial charge is 0.394 e. The first-order valence-electron chi connectivity index (χ1n) is 10.2. The van der Waals surface area contributed by atoms with Crippen molar-refractivity contribution in [2.24, 2.45) is 0 Å². The molecule has 0 aromatic heterocycles. The zero-order valence-corrected chi connectivity index (χ0v) is 16.2. The van der Waals surface area contributed by atoms with Crippen molar-refractivity contribution in [3.8, 4) is 0 Å². The number of amides is 1. The van der Waals surface area contributed by atoms with Crippen LogP contribution < -0.4 is 5.32 Å². The number of aliphatic hydroxyl groups is 1. The highest BCUT2D eigenvalue weighted by atomic mass is 16.5. The minimum atomic E-state index is -0.270. The molecule has 0 fully saturated rings. The van der Waals surface area contributed by atoms with Gasteiger partial charge in [-0.2, -0.15) is 0 Å². The number of ether oxygens (including phenoxy) is 1. The van der Waals surface area contributed by atoms with Gasteiger partial charge in [-0.15, -0.1) is 0 Å². The van der Waals surface area contributed by atoms with Gasteiger partial charge in [0.15, 0.2) is 0 Å². The Hall–Kier alpha value is -0.610. The maximum atomic E-state index is 11.8. The van der Waals surface area contributed by atoms with E-state index in [2.05, 4.69) is 19.2 Å². The Morgan fingerprint density at radius 2 is 1.42 bits per heavy atom. The highest BCUT2D eigenvalue weighted by Crippen LogP contribution is 2.10. The van der Waals surface area contributed by atoms with Gasteiger partial charge in [0.2, 0.25) is 5.91 Å². The summed E-state index contributed by atoms with van der Waals surface area (Å²) in [5.41, 5.74) is 0. The molecule has 0 aliphatic heterocycles. The van der Waals surface area contributed by atoms with Crippen LogP contribution >= 0.6 is 0 Å². The zero-order valence-electron chi connectivity index (χ0n) is 16.2. The van der Waals surface area contributed by atoms with E-state index in [1.807, 2.05) is 0 Å². The summed E-state index contributed by atoms with van der Waals surface area (Å²) in [7, 11) is 0. The number of unbranched alkanes of at least 4 members (excludes halogenated alkanes) is 10. The Labute approximate surface area is 149 Å². The zero-order chi connectivity index (χ0) is 17.9. The van der Waals surface area contributed by atoms with Gasteiger partial charge in [-0.3, -0.25) is 4.79 Å². The molecule has 0 aromatic rings. The third-order valence-electron chi connectivity index (χ3n) is 4.34. The van der Waals surface area contributed by atoms with Gasteiger partial charge in [0.05, 0.1) is 12.7 Å². The van der Waals surface area contributed by atoms with E-state index in [0.29, 0.717) is 19.6 Å². The first kappa shape index (κ1) is 23.4. The number of carbonyl (C=O) groups is 1. The van der Waals surface area contributed by atoms with E-state index in [-0.39, 0.29) is 18.6 Å². The van der Waals surface area contributed by atoms with E-state index in [1.54, 1.807) is 0 Å². The van der Waals surface area contributed by atoms with Crippen molar-refractivity contribution in [3.63, 3.8) is 0 Å². The Morgan fingerprint density at radius 1 is 0.875 bits per heavy atom. The second-order valence-electron chi connectivity index (χ2n) is 6.76. The normalized spacial score (nSPS) is 12.3. The molecule has 0 spiro atoms. The predicted molar refractivity (Wildman–Crippen MR) is 101 cm³/mol. The van der Waals surface area contributed by atoms with Crippen LogP contribution in [0.15, 0.2) is 0 Å². The first-order chi connectivity index (χ1) is 11.7. The molecule has 0 aliphatic rings. The maximum absolute atomic E-state index is 11.8. The molecule has 4 nitrogen and oxygen atoms in total. The molecular formula is C20H41NO3. The van der Waals surface area contributed by atoms with Crippen LogP contribution in [-0.4, -0.2) is 36.9 Å². The molecule has 0 bridgehead atoms. The van der Waals surface area contributed by atoms with Crippen molar-refractivity contribution < 1.29 is 14.6 Å². The smallest absolute Gasteiger partial charge is 0.220 e. The molecule has 0 aliphatic carbocycles. The van der Waals surface area contributed by atoms with Crippen LogP contribution in [0.4, 0.5) is 0 Å². The number of hydrogen-bond acceptors (Lipinski definition) is 3. The predicted octanol–water partition coefficient (Wildman–Crippen LogP) is 4.59. The number of aliphatic hydroxyl groups excluding tert-OH is 1. The summed E-state index contributed by atoms with van der Waals surface area (Å²) < 4.78 is 5.58. The molecular weight excluding hydrogens is 302 g/mol. The van der Waals surface area contributed by atoms with Crippen molar-refractivity contribution in [2.75, 3.05) is 19.8 Å². The highest BCUT2D eigenvalue weighted by molar-refractivity contribution is 5.75. The summed E-state index contributed by atoms with van der Waals surface area (Å²) in [6.45, 7) is 5.43. The Morgan fingerprint density at radius 3 is 2.00 bits per heavy atom.